The molecule has 0 aliphatic carbocycles. The molecule has 6 nitrogen and oxygen atoms in total. The van der Waals surface area contributed by atoms with Gasteiger partial charge in [-0.2, -0.15) is 0 Å². The van der Waals surface area contributed by atoms with E-state index in [1.807, 2.05) is 0 Å². The number of carboxylic acid groups (broad SMARTS) is 1. The van der Waals surface area contributed by atoms with Crippen LogP contribution in [0.15, 0.2) is 18.3 Å². The van der Waals surface area contributed by atoms with Crippen LogP contribution in [0.5, 0.6) is 0 Å². The zero-order chi connectivity index (χ0) is 13.8. The predicted molar refractivity (Wildman–Crippen MR) is 62.1 cm³/mol. The average Bonchev–Trinajstić information content (AvgIpc) is 2.39. The first-order chi connectivity index (χ1) is 9.08. The number of rotatable bonds is 3. The Morgan fingerprint density at radius 3 is 2.95 bits per heavy atom. The van der Waals surface area contributed by atoms with Gasteiger partial charge in [0, 0.05) is 6.54 Å². The second kappa shape index (κ2) is 5.75. The third-order valence-corrected chi connectivity index (χ3v) is 2.85. The second-order valence-electron chi connectivity index (χ2n) is 4.19. The van der Waals surface area contributed by atoms with Crippen molar-refractivity contribution in [1.29, 1.82) is 0 Å². The molecule has 19 heavy (non-hydrogen) atoms. The van der Waals surface area contributed by atoms with Crippen LogP contribution >= 0.6 is 0 Å². The summed E-state index contributed by atoms with van der Waals surface area (Å²) in [5, 5.41) is 8.81. The number of aromatic nitrogens is 1. The lowest BCUT2D eigenvalue weighted by molar-refractivity contribution is -0.139. The number of nitrogens with zero attached hydrogens (tertiary/aromatic N) is 2. The summed E-state index contributed by atoms with van der Waals surface area (Å²) >= 11 is 0. The third kappa shape index (κ3) is 3.25. The van der Waals surface area contributed by atoms with Gasteiger partial charge in [0.1, 0.15) is 11.5 Å². The number of hydrogen-bond acceptors (Lipinski definition) is 4. The monoisotopic (exact) mass is 268 g/mol. The van der Waals surface area contributed by atoms with Gasteiger partial charge in [-0.1, -0.05) is 0 Å². The van der Waals surface area contributed by atoms with Crippen LogP contribution in [0.2, 0.25) is 0 Å². The van der Waals surface area contributed by atoms with Gasteiger partial charge < -0.3 is 14.7 Å². The molecule has 2 rings (SSSR count). The average molecular weight is 268 g/mol. The second-order valence-corrected chi connectivity index (χ2v) is 4.19. The Morgan fingerprint density at radius 2 is 2.32 bits per heavy atom. The van der Waals surface area contributed by atoms with E-state index in [2.05, 4.69) is 4.98 Å². The Bertz CT molecular complexity index is 477. The molecule has 2 heterocycles. The third-order valence-electron chi connectivity index (χ3n) is 2.85. The molecule has 1 aliphatic heterocycles. The molecule has 1 aliphatic rings. The van der Waals surface area contributed by atoms with E-state index in [0.29, 0.717) is 13.2 Å². The number of ether oxygens (including phenoxy) is 1. The molecule has 0 saturated carbocycles. The Balaban J connectivity index is 2.15. The van der Waals surface area contributed by atoms with Gasteiger partial charge in [-0.25, -0.2) is 9.37 Å². The van der Waals surface area contributed by atoms with Gasteiger partial charge in [-0.05, 0) is 12.1 Å². The van der Waals surface area contributed by atoms with Gasteiger partial charge in [0.15, 0.2) is 0 Å². The highest BCUT2D eigenvalue weighted by Crippen LogP contribution is 2.14. The van der Waals surface area contributed by atoms with Gasteiger partial charge in [0.05, 0.1) is 31.9 Å². The molecule has 1 atom stereocenters. The first-order valence-corrected chi connectivity index (χ1v) is 5.80. The lowest BCUT2D eigenvalue weighted by Crippen LogP contribution is -2.49. The lowest BCUT2D eigenvalue weighted by Gasteiger charge is -2.34. The normalized spacial score (nSPS) is 19.2. The molecule has 1 N–H and O–H groups in total. The molecule has 0 bridgehead atoms. The molecule has 0 aromatic carbocycles. The highest BCUT2D eigenvalue weighted by atomic mass is 19.1. The summed E-state index contributed by atoms with van der Waals surface area (Å²) in [6, 6.07) is 1.91. The maximum absolute atomic E-state index is 12.8. The van der Waals surface area contributed by atoms with E-state index in [-0.39, 0.29) is 18.7 Å². The Labute approximate surface area is 108 Å². The number of pyridine rings is 1. The number of carbonyl (C=O) groups is 2. The molecule has 1 aromatic heterocycles. The number of halogens is 1. The predicted octanol–water partition coefficient (Wildman–Crippen LogP) is 0.536. The van der Waals surface area contributed by atoms with Crippen LogP contribution in [0.25, 0.3) is 0 Å². The fourth-order valence-electron chi connectivity index (χ4n) is 1.94. The van der Waals surface area contributed by atoms with Gasteiger partial charge in [-0.3, -0.25) is 9.59 Å². The van der Waals surface area contributed by atoms with Crippen molar-refractivity contribution in [2.24, 2.45) is 0 Å². The van der Waals surface area contributed by atoms with Gasteiger partial charge in [0.2, 0.25) is 0 Å². The molecule has 0 unspecified atom stereocenters. The highest BCUT2D eigenvalue weighted by molar-refractivity contribution is 5.92. The summed E-state index contributed by atoms with van der Waals surface area (Å²) in [4.78, 5) is 28.1. The number of morpholine rings is 1. The minimum atomic E-state index is -1.000. The van der Waals surface area contributed by atoms with Gasteiger partial charge in [0.25, 0.3) is 5.91 Å². The molecule has 7 heteroatoms. The van der Waals surface area contributed by atoms with Crippen LogP contribution in [0.3, 0.4) is 0 Å². The van der Waals surface area contributed by atoms with E-state index in [0.717, 1.165) is 12.3 Å². The molecule has 0 spiro atoms. The summed E-state index contributed by atoms with van der Waals surface area (Å²) in [5.41, 5.74) is 0.0960. The number of hydrogen-bond donors (Lipinski definition) is 1. The van der Waals surface area contributed by atoms with Gasteiger partial charge >= 0.3 is 5.97 Å². The van der Waals surface area contributed by atoms with E-state index in [1.165, 1.54) is 11.0 Å². The molecule has 1 amide bonds. The standard InChI is InChI=1S/C12H13FN2O4/c13-8-1-2-10(14-6-8)12(18)15-3-4-19-7-9(15)5-11(16)17/h1-2,6,9H,3-5,7H2,(H,16,17)/t9-/m0/s1. The van der Waals surface area contributed by atoms with Crippen molar-refractivity contribution in [3.63, 3.8) is 0 Å². The van der Waals surface area contributed by atoms with Crippen molar-refractivity contribution in [1.82, 2.24) is 9.88 Å². The van der Waals surface area contributed by atoms with Crippen LogP contribution in [0.1, 0.15) is 16.9 Å². The van der Waals surface area contributed by atoms with Crippen molar-refractivity contribution in [2.45, 2.75) is 12.5 Å². The quantitative estimate of drug-likeness (QED) is 0.865. The van der Waals surface area contributed by atoms with Crippen LogP contribution in [0, 0.1) is 5.82 Å². The van der Waals surface area contributed by atoms with Crippen molar-refractivity contribution in [3.8, 4) is 0 Å². The molecule has 0 radical (unpaired) electrons. The lowest BCUT2D eigenvalue weighted by atomic mass is 10.1. The zero-order valence-corrected chi connectivity index (χ0v) is 10.1. The maximum Gasteiger partial charge on any atom is 0.305 e. The SMILES string of the molecule is O=C(O)C[C@H]1COCCN1C(=O)c1ccc(F)cn1. The minimum Gasteiger partial charge on any atom is -0.481 e. The fourth-order valence-corrected chi connectivity index (χ4v) is 1.94. The van der Waals surface area contributed by atoms with E-state index in [1.54, 1.807) is 0 Å². The van der Waals surface area contributed by atoms with Crippen molar-refractivity contribution in [3.05, 3.63) is 29.8 Å². The van der Waals surface area contributed by atoms with Crippen LogP contribution < -0.4 is 0 Å². The first kappa shape index (κ1) is 13.4. The van der Waals surface area contributed by atoms with Crippen molar-refractivity contribution >= 4 is 11.9 Å². The van der Waals surface area contributed by atoms with Crippen molar-refractivity contribution < 1.29 is 23.8 Å². The fraction of sp³-hybridized carbons (Fsp3) is 0.417. The van der Waals surface area contributed by atoms with E-state index >= 15 is 0 Å². The van der Waals surface area contributed by atoms with E-state index in [9.17, 15) is 14.0 Å². The number of carbonyl (C=O) groups excluding carboxylic acids is 1. The summed E-state index contributed by atoms with van der Waals surface area (Å²) in [6.45, 7) is 0.831. The first-order valence-electron chi connectivity index (χ1n) is 5.80. The number of carboxylic acids is 1. The largest absolute Gasteiger partial charge is 0.481 e. The topological polar surface area (TPSA) is 79.7 Å². The number of amides is 1. The molecular formula is C12H13FN2O4. The summed E-state index contributed by atoms with van der Waals surface area (Å²) in [7, 11) is 0. The maximum atomic E-state index is 12.8. The zero-order valence-electron chi connectivity index (χ0n) is 10.1. The molecule has 1 fully saturated rings. The van der Waals surface area contributed by atoms with Crippen LogP contribution in [-0.4, -0.2) is 52.7 Å². The number of aliphatic carboxylic acids is 1. The summed E-state index contributed by atoms with van der Waals surface area (Å²) in [5.74, 6) is -1.93. The molecule has 102 valence electrons. The summed E-state index contributed by atoms with van der Waals surface area (Å²) < 4.78 is 17.9. The molecule has 1 saturated heterocycles. The smallest absolute Gasteiger partial charge is 0.305 e. The highest BCUT2D eigenvalue weighted by Gasteiger charge is 2.30. The van der Waals surface area contributed by atoms with E-state index in [4.69, 9.17) is 9.84 Å². The Hall–Kier alpha value is -2.02. The summed E-state index contributed by atoms with van der Waals surface area (Å²) in [6.07, 6.45) is 0.771. The Morgan fingerprint density at radius 1 is 1.53 bits per heavy atom. The van der Waals surface area contributed by atoms with Gasteiger partial charge in [-0.15, -0.1) is 0 Å². The Kier molecular flexibility index (Phi) is 4.06. The molecule has 1 aromatic rings. The van der Waals surface area contributed by atoms with E-state index < -0.39 is 23.7 Å². The van der Waals surface area contributed by atoms with Crippen LogP contribution in [-0.2, 0) is 9.53 Å². The molecular weight excluding hydrogens is 255 g/mol. The minimum absolute atomic E-state index is 0.0960. The van der Waals surface area contributed by atoms with Crippen LogP contribution in [0.4, 0.5) is 4.39 Å². The van der Waals surface area contributed by atoms with Crippen molar-refractivity contribution in [2.75, 3.05) is 19.8 Å².